The van der Waals surface area contributed by atoms with E-state index in [2.05, 4.69) is 31.8 Å². The SMILES string of the molecule is CC(C)=CCCC#CCCOC1CCCCO1. The fraction of sp³-hybridized carbons (Fsp3) is 0.733. The van der Waals surface area contributed by atoms with E-state index >= 15 is 0 Å². The molecule has 1 unspecified atom stereocenters. The van der Waals surface area contributed by atoms with Crippen molar-refractivity contribution in [3.8, 4) is 11.8 Å². The summed E-state index contributed by atoms with van der Waals surface area (Å²) >= 11 is 0. The number of unbranched alkanes of at least 4 members (excludes halogenated alkanes) is 1. The Bertz CT molecular complexity index is 273. The minimum atomic E-state index is 0.0243. The van der Waals surface area contributed by atoms with Crippen LogP contribution in [-0.4, -0.2) is 19.5 Å². The van der Waals surface area contributed by atoms with E-state index in [1.165, 1.54) is 18.4 Å². The maximum absolute atomic E-state index is 5.59. The van der Waals surface area contributed by atoms with Crippen LogP contribution >= 0.6 is 0 Å². The summed E-state index contributed by atoms with van der Waals surface area (Å²) in [5.74, 6) is 6.30. The summed E-state index contributed by atoms with van der Waals surface area (Å²) in [6, 6.07) is 0. The number of hydrogen-bond acceptors (Lipinski definition) is 2. The van der Waals surface area contributed by atoms with Gasteiger partial charge in [-0.05, 0) is 39.5 Å². The Morgan fingerprint density at radius 2 is 2.12 bits per heavy atom. The van der Waals surface area contributed by atoms with Gasteiger partial charge in [0.25, 0.3) is 0 Å². The summed E-state index contributed by atoms with van der Waals surface area (Å²) in [5, 5.41) is 0. The average molecular weight is 236 g/mol. The van der Waals surface area contributed by atoms with Gasteiger partial charge < -0.3 is 9.47 Å². The van der Waals surface area contributed by atoms with Crippen LogP contribution in [0, 0.1) is 11.8 Å². The molecular formula is C15H24O2. The van der Waals surface area contributed by atoms with E-state index in [4.69, 9.17) is 9.47 Å². The molecule has 1 fully saturated rings. The van der Waals surface area contributed by atoms with Crippen molar-refractivity contribution >= 4 is 0 Å². The van der Waals surface area contributed by atoms with Crippen molar-refractivity contribution in [3.05, 3.63) is 11.6 Å². The molecule has 1 saturated heterocycles. The van der Waals surface area contributed by atoms with Crippen LogP contribution in [0.25, 0.3) is 0 Å². The molecule has 1 atom stereocenters. The third-order valence-electron chi connectivity index (χ3n) is 2.62. The number of rotatable bonds is 5. The maximum Gasteiger partial charge on any atom is 0.157 e. The lowest BCUT2D eigenvalue weighted by Gasteiger charge is -2.22. The average Bonchev–Trinajstić information content (AvgIpc) is 2.33. The summed E-state index contributed by atoms with van der Waals surface area (Å²) in [5.41, 5.74) is 1.37. The molecule has 0 N–H and O–H groups in total. The molecule has 0 aromatic carbocycles. The van der Waals surface area contributed by atoms with Crippen LogP contribution in [0.1, 0.15) is 52.4 Å². The van der Waals surface area contributed by atoms with Gasteiger partial charge in [-0.2, -0.15) is 0 Å². The molecule has 1 rings (SSSR count). The van der Waals surface area contributed by atoms with Crippen LogP contribution in [0.5, 0.6) is 0 Å². The highest BCUT2D eigenvalue weighted by Gasteiger charge is 2.12. The van der Waals surface area contributed by atoms with Gasteiger partial charge in [0.05, 0.1) is 6.61 Å². The van der Waals surface area contributed by atoms with Crippen LogP contribution in [-0.2, 0) is 9.47 Å². The normalized spacial score (nSPS) is 19.3. The maximum atomic E-state index is 5.59. The van der Waals surface area contributed by atoms with E-state index in [0.717, 1.165) is 32.3 Å². The molecule has 2 heteroatoms. The van der Waals surface area contributed by atoms with Crippen molar-refractivity contribution < 1.29 is 9.47 Å². The Morgan fingerprint density at radius 1 is 1.29 bits per heavy atom. The largest absolute Gasteiger partial charge is 0.353 e. The number of ether oxygens (including phenoxy) is 2. The summed E-state index contributed by atoms with van der Waals surface area (Å²) in [6.45, 7) is 5.77. The van der Waals surface area contributed by atoms with Crippen LogP contribution in [0.3, 0.4) is 0 Å². The molecule has 0 bridgehead atoms. The topological polar surface area (TPSA) is 18.5 Å². The van der Waals surface area contributed by atoms with Crippen LogP contribution in [0.4, 0.5) is 0 Å². The molecular weight excluding hydrogens is 212 g/mol. The number of allylic oxidation sites excluding steroid dienone is 2. The van der Waals surface area contributed by atoms with Crippen molar-refractivity contribution in [2.45, 2.75) is 58.7 Å². The zero-order valence-electron chi connectivity index (χ0n) is 11.1. The van der Waals surface area contributed by atoms with E-state index in [9.17, 15) is 0 Å². The molecule has 0 aromatic rings. The minimum absolute atomic E-state index is 0.0243. The van der Waals surface area contributed by atoms with Gasteiger partial charge in [0.2, 0.25) is 0 Å². The Balaban J connectivity index is 1.96. The van der Waals surface area contributed by atoms with Gasteiger partial charge in [-0.1, -0.05) is 11.6 Å². The molecule has 0 spiro atoms. The minimum Gasteiger partial charge on any atom is -0.353 e. The molecule has 1 aliphatic rings. The van der Waals surface area contributed by atoms with Crippen molar-refractivity contribution in [2.24, 2.45) is 0 Å². The van der Waals surface area contributed by atoms with Gasteiger partial charge >= 0.3 is 0 Å². The molecule has 1 heterocycles. The van der Waals surface area contributed by atoms with Crippen LogP contribution < -0.4 is 0 Å². The van der Waals surface area contributed by atoms with E-state index in [1.54, 1.807) is 0 Å². The molecule has 96 valence electrons. The summed E-state index contributed by atoms with van der Waals surface area (Å²) in [6.07, 6.45) is 8.50. The standard InChI is InChI=1S/C15H24O2/c1-14(2)10-6-4-3-5-8-12-16-15-11-7-9-13-17-15/h10,15H,4,6-9,11-13H2,1-2H3. The van der Waals surface area contributed by atoms with Crippen LogP contribution in [0.15, 0.2) is 11.6 Å². The molecule has 0 amide bonds. The van der Waals surface area contributed by atoms with Crippen molar-refractivity contribution in [1.82, 2.24) is 0 Å². The first-order valence-electron chi connectivity index (χ1n) is 6.61. The Labute approximate surface area is 105 Å². The first-order chi connectivity index (χ1) is 8.29. The van der Waals surface area contributed by atoms with E-state index < -0.39 is 0 Å². The van der Waals surface area contributed by atoms with Gasteiger partial charge in [-0.3, -0.25) is 0 Å². The monoisotopic (exact) mass is 236 g/mol. The molecule has 0 saturated carbocycles. The van der Waals surface area contributed by atoms with E-state index in [0.29, 0.717) is 6.61 Å². The highest BCUT2D eigenvalue weighted by Crippen LogP contribution is 2.13. The molecule has 17 heavy (non-hydrogen) atoms. The smallest absolute Gasteiger partial charge is 0.157 e. The lowest BCUT2D eigenvalue weighted by molar-refractivity contribution is -0.161. The van der Waals surface area contributed by atoms with Crippen LogP contribution in [0.2, 0.25) is 0 Å². The Hall–Kier alpha value is -0.780. The summed E-state index contributed by atoms with van der Waals surface area (Å²) < 4.78 is 11.1. The second-order valence-electron chi connectivity index (χ2n) is 4.59. The summed E-state index contributed by atoms with van der Waals surface area (Å²) in [7, 11) is 0. The first-order valence-corrected chi connectivity index (χ1v) is 6.61. The number of hydrogen-bond donors (Lipinski definition) is 0. The van der Waals surface area contributed by atoms with Gasteiger partial charge in [0, 0.05) is 19.4 Å². The second kappa shape index (κ2) is 9.27. The first kappa shape index (κ1) is 14.3. The third-order valence-corrected chi connectivity index (χ3v) is 2.62. The predicted molar refractivity (Wildman–Crippen MR) is 70.6 cm³/mol. The van der Waals surface area contributed by atoms with Crippen molar-refractivity contribution in [2.75, 3.05) is 13.2 Å². The molecule has 0 aliphatic carbocycles. The van der Waals surface area contributed by atoms with E-state index in [1.807, 2.05) is 0 Å². The van der Waals surface area contributed by atoms with Gasteiger partial charge in [0.1, 0.15) is 0 Å². The van der Waals surface area contributed by atoms with Crippen molar-refractivity contribution in [3.63, 3.8) is 0 Å². The fourth-order valence-electron chi connectivity index (χ4n) is 1.69. The fourth-order valence-corrected chi connectivity index (χ4v) is 1.69. The zero-order valence-corrected chi connectivity index (χ0v) is 11.1. The highest BCUT2D eigenvalue weighted by atomic mass is 16.7. The highest BCUT2D eigenvalue weighted by molar-refractivity contribution is 5.02. The lowest BCUT2D eigenvalue weighted by Crippen LogP contribution is -2.22. The summed E-state index contributed by atoms with van der Waals surface area (Å²) in [4.78, 5) is 0. The quantitative estimate of drug-likeness (QED) is 0.412. The third kappa shape index (κ3) is 8.01. The lowest BCUT2D eigenvalue weighted by atomic mass is 10.2. The van der Waals surface area contributed by atoms with Crippen molar-refractivity contribution in [1.29, 1.82) is 0 Å². The van der Waals surface area contributed by atoms with Gasteiger partial charge in [-0.15, -0.1) is 11.8 Å². The molecule has 1 aliphatic heterocycles. The zero-order chi connectivity index (χ0) is 12.3. The predicted octanol–water partition coefficient (Wildman–Crippen LogP) is 3.67. The van der Waals surface area contributed by atoms with Gasteiger partial charge in [0.15, 0.2) is 6.29 Å². The second-order valence-corrected chi connectivity index (χ2v) is 4.59. The molecule has 2 nitrogen and oxygen atoms in total. The van der Waals surface area contributed by atoms with Gasteiger partial charge in [-0.25, -0.2) is 0 Å². The Kier molecular flexibility index (Phi) is 7.79. The van der Waals surface area contributed by atoms with E-state index in [-0.39, 0.29) is 6.29 Å². The Morgan fingerprint density at radius 3 is 2.82 bits per heavy atom. The molecule has 0 aromatic heterocycles. The molecule has 0 radical (unpaired) electrons.